The number of likely N-dealkylation sites (tertiary alicyclic amines) is 1. The molecule has 112 valence electrons. The summed E-state index contributed by atoms with van der Waals surface area (Å²) in [6.07, 6.45) is 0.994. The second kappa shape index (κ2) is 6.34. The van der Waals surface area contributed by atoms with Crippen LogP contribution >= 0.6 is 0 Å². The number of pyridine rings is 1. The number of nitrogens with one attached hydrogen (secondary N) is 1. The van der Waals surface area contributed by atoms with Gasteiger partial charge in [-0.2, -0.15) is 0 Å². The number of aromatic nitrogens is 1. The normalized spacial score (nSPS) is 15.6. The summed E-state index contributed by atoms with van der Waals surface area (Å²) in [4.78, 5) is 40.6. The Morgan fingerprint density at radius 3 is 2.52 bits per heavy atom. The summed E-state index contributed by atoms with van der Waals surface area (Å²) in [7, 11) is 0. The van der Waals surface area contributed by atoms with E-state index in [2.05, 4.69) is 10.3 Å². The van der Waals surface area contributed by atoms with Crippen LogP contribution in [0.2, 0.25) is 0 Å². The van der Waals surface area contributed by atoms with Crippen LogP contribution in [-0.2, 0) is 14.4 Å². The number of anilines is 1. The Morgan fingerprint density at radius 2 is 1.95 bits per heavy atom. The van der Waals surface area contributed by atoms with Gasteiger partial charge in [-0.15, -0.1) is 0 Å². The molecule has 1 aliphatic heterocycles. The summed E-state index contributed by atoms with van der Waals surface area (Å²) in [5.74, 6) is -1.54. The Balaban J connectivity index is 1.91. The standard InChI is InChI=1S/C14H18N4O3/c1-9-3-2-4-11(16-9)17-13(20)14(21)18-7-5-10(6-8-18)12(15)19/h2-4,10H,5-8H2,1H3,(H2,15,19)(H,16,17,20). The molecule has 7 nitrogen and oxygen atoms in total. The zero-order valence-electron chi connectivity index (χ0n) is 11.8. The van der Waals surface area contributed by atoms with Crippen LogP contribution in [0.15, 0.2) is 18.2 Å². The van der Waals surface area contributed by atoms with Crippen LogP contribution in [0.5, 0.6) is 0 Å². The summed E-state index contributed by atoms with van der Waals surface area (Å²) < 4.78 is 0. The van der Waals surface area contributed by atoms with E-state index in [4.69, 9.17) is 5.73 Å². The lowest BCUT2D eigenvalue weighted by atomic mass is 9.96. The quantitative estimate of drug-likeness (QED) is 0.751. The molecule has 1 aromatic heterocycles. The lowest BCUT2D eigenvalue weighted by Crippen LogP contribution is -2.46. The number of primary amides is 1. The van der Waals surface area contributed by atoms with Crippen molar-refractivity contribution in [2.75, 3.05) is 18.4 Å². The number of rotatable bonds is 2. The van der Waals surface area contributed by atoms with E-state index >= 15 is 0 Å². The van der Waals surface area contributed by atoms with Gasteiger partial charge in [0.25, 0.3) is 0 Å². The summed E-state index contributed by atoms with van der Waals surface area (Å²) in [6.45, 7) is 2.52. The van der Waals surface area contributed by atoms with Gasteiger partial charge in [0.05, 0.1) is 0 Å². The van der Waals surface area contributed by atoms with E-state index in [1.54, 1.807) is 25.1 Å². The number of nitrogens with two attached hydrogens (primary N) is 1. The van der Waals surface area contributed by atoms with Crippen molar-refractivity contribution < 1.29 is 14.4 Å². The number of hydrogen-bond donors (Lipinski definition) is 2. The predicted molar refractivity (Wildman–Crippen MR) is 76.1 cm³/mol. The Bertz CT molecular complexity index is 565. The van der Waals surface area contributed by atoms with Gasteiger partial charge in [0.1, 0.15) is 5.82 Å². The molecule has 1 aliphatic rings. The van der Waals surface area contributed by atoms with Crippen LogP contribution in [0.1, 0.15) is 18.5 Å². The Labute approximate surface area is 122 Å². The largest absolute Gasteiger partial charge is 0.369 e. The van der Waals surface area contributed by atoms with Crippen LogP contribution in [0, 0.1) is 12.8 Å². The van der Waals surface area contributed by atoms with Gasteiger partial charge in [0.2, 0.25) is 5.91 Å². The van der Waals surface area contributed by atoms with E-state index < -0.39 is 11.8 Å². The van der Waals surface area contributed by atoms with Gasteiger partial charge in [-0.3, -0.25) is 14.4 Å². The molecule has 21 heavy (non-hydrogen) atoms. The number of amides is 3. The van der Waals surface area contributed by atoms with Crippen LogP contribution in [0.25, 0.3) is 0 Å². The monoisotopic (exact) mass is 290 g/mol. The van der Waals surface area contributed by atoms with Gasteiger partial charge in [0.15, 0.2) is 0 Å². The fraction of sp³-hybridized carbons (Fsp3) is 0.429. The third kappa shape index (κ3) is 3.77. The summed E-state index contributed by atoms with van der Waals surface area (Å²) in [6, 6.07) is 5.17. The average Bonchev–Trinajstić information content (AvgIpc) is 2.46. The fourth-order valence-corrected chi connectivity index (χ4v) is 2.29. The first kappa shape index (κ1) is 15.0. The van der Waals surface area contributed by atoms with E-state index in [0.717, 1.165) is 5.69 Å². The highest BCUT2D eigenvalue weighted by Gasteiger charge is 2.29. The van der Waals surface area contributed by atoms with Crippen molar-refractivity contribution in [3.05, 3.63) is 23.9 Å². The molecule has 2 heterocycles. The molecule has 0 bridgehead atoms. The number of aryl methyl sites for hydroxylation is 1. The van der Waals surface area contributed by atoms with Gasteiger partial charge < -0.3 is 16.0 Å². The number of nitrogens with zero attached hydrogens (tertiary/aromatic N) is 2. The molecular formula is C14H18N4O3. The van der Waals surface area contributed by atoms with Crippen molar-refractivity contribution in [3.63, 3.8) is 0 Å². The highest BCUT2D eigenvalue weighted by Crippen LogP contribution is 2.17. The fourth-order valence-electron chi connectivity index (χ4n) is 2.29. The molecule has 2 rings (SSSR count). The third-order valence-corrected chi connectivity index (χ3v) is 3.51. The van der Waals surface area contributed by atoms with Crippen molar-refractivity contribution in [1.29, 1.82) is 0 Å². The number of carbonyl (C=O) groups is 3. The number of piperidine rings is 1. The average molecular weight is 290 g/mol. The molecule has 0 saturated carbocycles. The Kier molecular flexibility index (Phi) is 4.52. The molecule has 0 atom stereocenters. The van der Waals surface area contributed by atoms with E-state index in [1.807, 2.05) is 0 Å². The number of hydrogen-bond acceptors (Lipinski definition) is 4. The summed E-state index contributed by atoms with van der Waals surface area (Å²) in [5.41, 5.74) is 5.99. The van der Waals surface area contributed by atoms with Crippen molar-refractivity contribution in [1.82, 2.24) is 9.88 Å². The molecular weight excluding hydrogens is 272 g/mol. The van der Waals surface area contributed by atoms with Gasteiger partial charge in [0, 0.05) is 24.7 Å². The second-order valence-electron chi connectivity index (χ2n) is 5.09. The van der Waals surface area contributed by atoms with Crippen molar-refractivity contribution in [2.24, 2.45) is 11.7 Å². The van der Waals surface area contributed by atoms with Crippen LogP contribution in [-0.4, -0.2) is 40.7 Å². The number of carbonyl (C=O) groups excluding carboxylic acids is 3. The maximum Gasteiger partial charge on any atom is 0.315 e. The zero-order chi connectivity index (χ0) is 15.4. The minimum absolute atomic E-state index is 0.212. The molecule has 3 amide bonds. The molecule has 0 spiro atoms. The van der Waals surface area contributed by atoms with E-state index in [-0.39, 0.29) is 11.8 Å². The van der Waals surface area contributed by atoms with Crippen LogP contribution in [0.4, 0.5) is 5.82 Å². The Hall–Kier alpha value is -2.44. The first-order valence-electron chi connectivity index (χ1n) is 6.80. The first-order valence-corrected chi connectivity index (χ1v) is 6.80. The predicted octanol–water partition coefficient (Wildman–Crippen LogP) is 0.0524. The minimum Gasteiger partial charge on any atom is -0.369 e. The van der Waals surface area contributed by atoms with E-state index in [0.29, 0.717) is 31.7 Å². The van der Waals surface area contributed by atoms with Gasteiger partial charge in [-0.25, -0.2) is 4.98 Å². The Morgan fingerprint density at radius 1 is 1.29 bits per heavy atom. The van der Waals surface area contributed by atoms with Crippen LogP contribution < -0.4 is 11.1 Å². The molecule has 0 aliphatic carbocycles. The summed E-state index contributed by atoms with van der Waals surface area (Å²) in [5, 5.41) is 2.48. The van der Waals surface area contributed by atoms with E-state index in [1.165, 1.54) is 4.90 Å². The van der Waals surface area contributed by atoms with Gasteiger partial charge in [-0.05, 0) is 31.9 Å². The maximum atomic E-state index is 12.0. The topological polar surface area (TPSA) is 105 Å². The van der Waals surface area contributed by atoms with Gasteiger partial charge in [-0.1, -0.05) is 6.07 Å². The lowest BCUT2D eigenvalue weighted by Gasteiger charge is -2.29. The molecule has 1 saturated heterocycles. The zero-order valence-corrected chi connectivity index (χ0v) is 11.8. The molecule has 3 N–H and O–H groups in total. The maximum absolute atomic E-state index is 12.0. The van der Waals surface area contributed by atoms with E-state index in [9.17, 15) is 14.4 Å². The molecule has 0 radical (unpaired) electrons. The lowest BCUT2D eigenvalue weighted by molar-refractivity contribution is -0.144. The highest BCUT2D eigenvalue weighted by molar-refractivity contribution is 6.39. The van der Waals surface area contributed by atoms with Crippen molar-refractivity contribution >= 4 is 23.5 Å². The molecule has 0 unspecified atom stereocenters. The third-order valence-electron chi connectivity index (χ3n) is 3.51. The smallest absolute Gasteiger partial charge is 0.315 e. The molecule has 0 aromatic carbocycles. The summed E-state index contributed by atoms with van der Waals surface area (Å²) >= 11 is 0. The van der Waals surface area contributed by atoms with Crippen LogP contribution in [0.3, 0.4) is 0 Å². The second-order valence-corrected chi connectivity index (χ2v) is 5.09. The van der Waals surface area contributed by atoms with Crippen molar-refractivity contribution in [2.45, 2.75) is 19.8 Å². The minimum atomic E-state index is -0.717. The molecule has 1 aromatic rings. The first-order chi connectivity index (χ1) is 9.97. The van der Waals surface area contributed by atoms with Gasteiger partial charge >= 0.3 is 11.8 Å². The molecule has 1 fully saturated rings. The van der Waals surface area contributed by atoms with Crippen molar-refractivity contribution in [3.8, 4) is 0 Å². The highest BCUT2D eigenvalue weighted by atomic mass is 16.2. The SMILES string of the molecule is Cc1cccc(NC(=O)C(=O)N2CCC(C(N)=O)CC2)n1. The molecule has 7 heteroatoms.